The van der Waals surface area contributed by atoms with E-state index in [0.717, 1.165) is 48.8 Å². The van der Waals surface area contributed by atoms with Crippen molar-refractivity contribution < 1.29 is 22.7 Å². The summed E-state index contributed by atoms with van der Waals surface area (Å²) in [6.07, 6.45) is 5.11. The quantitative estimate of drug-likeness (QED) is 0.233. The molecule has 1 fully saturated rings. The molecule has 11 heteroatoms. The van der Waals surface area contributed by atoms with Crippen molar-refractivity contribution in [1.82, 2.24) is 19.8 Å². The Hall–Kier alpha value is -3.83. The van der Waals surface area contributed by atoms with E-state index in [1.807, 2.05) is 46.1 Å². The number of likely N-dealkylation sites (N-methyl/N-ethyl adjacent to an activating group) is 1. The number of anilines is 1. The van der Waals surface area contributed by atoms with Crippen LogP contribution in [0.25, 0.3) is 11.3 Å². The minimum absolute atomic E-state index is 0.0683. The fourth-order valence-electron chi connectivity index (χ4n) is 6.30. The number of amides is 1. The molecule has 1 saturated carbocycles. The number of ether oxygens (including phenoxy) is 1. The van der Waals surface area contributed by atoms with E-state index in [4.69, 9.17) is 4.74 Å². The van der Waals surface area contributed by atoms with Gasteiger partial charge in [0, 0.05) is 49.3 Å². The van der Waals surface area contributed by atoms with Crippen molar-refractivity contribution in [2.45, 2.75) is 76.8 Å². The summed E-state index contributed by atoms with van der Waals surface area (Å²) in [7, 11) is 1.66. The van der Waals surface area contributed by atoms with Gasteiger partial charge in [-0.25, -0.2) is 18.1 Å². The fraction of sp³-hybridized carbons (Fsp3) is 0.486. The normalized spacial score (nSPS) is 17.5. The summed E-state index contributed by atoms with van der Waals surface area (Å²) in [6, 6.07) is 13.9. The summed E-state index contributed by atoms with van der Waals surface area (Å²) in [4.78, 5) is 36.9. The molecule has 1 heterocycles. The topological polar surface area (TPSA) is 122 Å². The van der Waals surface area contributed by atoms with Crippen molar-refractivity contribution in [2.75, 3.05) is 32.5 Å². The predicted octanol–water partition coefficient (Wildman–Crippen LogP) is 5.75. The van der Waals surface area contributed by atoms with Crippen LogP contribution in [0.1, 0.15) is 67.4 Å². The Balaban J connectivity index is 1.61. The second-order valence-electron chi connectivity index (χ2n) is 13.0. The van der Waals surface area contributed by atoms with Crippen molar-refractivity contribution in [1.29, 1.82) is 0 Å². The number of aldehydes is 1. The summed E-state index contributed by atoms with van der Waals surface area (Å²) in [5.41, 5.74) is 3.63. The molecule has 10 nitrogen and oxygen atoms in total. The van der Waals surface area contributed by atoms with Crippen molar-refractivity contribution in [3.05, 3.63) is 65.2 Å². The zero-order valence-corrected chi connectivity index (χ0v) is 28.8. The van der Waals surface area contributed by atoms with Crippen LogP contribution in [0.3, 0.4) is 0 Å². The first-order chi connectivity index (χ1) is 21.8. The minimum Gasteiger partial charge on any atom is -0.476 e. The molecule has 1 amide bonds. The fourth-order valence-corrected chi connectivity index (χ4v) is 7.29. The predicted molar refractivity (Wildman–Crippen MR) is 181 cm³/mol. The van der Waals surface area contributed by atoms with E-state index in [9.17, 15) is 18.0 Å². The molecule has 0 bridgehead atoms. The smallest absolute Gasteiger partial charge is 0.264 e. The molecule has 0 aliphatic heterocycles. The molecule has 46 heavy (non-hydrogen) atoms. The summed E-state index contributed by atoms with van der Waals surface area (Å²) in [5, 5.41) is 0. The molecule has 1 aliphatic carbocycles. The van der Waals surface area contributed by atoms with Gasteiger partial charge in [0.2, 0.25) is 17.7 Å². The highest BCUT2D eigenvalue weighted by Gasteiger charge is 2.32. The van der Waals surface area contributed by atoms with Crippen molar-refractivity contribution in [2.24, 2.45) is 11.8 Å². The standard InChI is InChI=1S/C35H47N5O5S/c1-23(2)18-29(40(7)28-16-14-27(15-17-28)34(42)39(5)6)22-45-32-20-31(33-24(3)10-8-11-25(33)4)36-35(37-32)38-46(43,44)30-13-9-12-26(19-30)21-41/h8-13,19-21,23,27-29H,14-18,22H2,1-7H3,(H,36,37,38)/t27?,28?,29-/m1/s1. The van der Waals surface area contributed by atoms with Crippen LogP contribution in [0.15, 0.2) is 53.4 Å². The number of nitrogens with zero attached hydrogens (tertiary/aromatic N) is 4. The molecule has 2 aromatic carbocycles. The maximum atomic E-state index is 13.3. The van der Waals surface area contributed by atoms with Crippen LogP contribution in [0, 0.1) is 25.7 Å². The Morgan fingerprint density at radius 1 is 1.00 bits per heavy atom. The Morgan fingerprint density at radius 3 is 2.26 bits per heavy atom. The Kier molecular flexibility index (Phi) is 11.6. The van der Waals surface area contributed by atoms with Gasteiger partial charge in [0.25, 0.3) is 10.0 Å². The average Bonchev–Trinajstić information content (AvgIpc) is 3.02. The number of rotatable bonds is 13. The lowest BCUT2D eigenvalue weighted by molar-refractivity contribution is -0.134. The highest BCUT2D eigenvalue weighted by Crippen LogP contribution is 2.32. The van der Waals surface area contributed by atoms with E-state index >= 15 is 0 Å². The third-order valence-electron chi connectivity index (χ3n) is 8.78. The van der Waals surface area contributed by atoms with Gasteiger partial charge >= 0.3 is 0 Å². The van der Waals surface area contributed by atoms with E-state index in [1.165, 1.54) is 24.3 Å². The maximum absolute atomic E-state index is 13.3. The summed E-state index contributed by atoms with van der Waals surface area (Å²) >= 11 is 0. The molecule has 1 aliphatic rings. The van der Waals surface area contributed by atoms with Crippen LogP contribution in [0.2, 0.25) is 0 Å². The van der Waals surface area contributed by atoms with Crippen LogP contribution >= 0.6 is 0 Å². The zero-order valence-electron chi connectivity index (χ0n) is 28.0. The maximum Gasteiger partial charge on any atom is 0.264 e. The van der Waals surface area contributed by atoms with Gasteiger partial charge in [-0.2, -0.15) is 4.98 Å². The molecule has 0 unspecified atom stereocenters. The summed E-state index contributed by atoms with van der Waals surface area (Å²) in [6.45, 7) is 8.68. The van der Waals surface area contributed by atoms with Crippen LogP contribution in [-0.2, 0) is 14.8 Å². The van der Waals surface area contributed by atoms with Gasteiger partial charge in [-0.15, -0.1) is 0 Å². The van der Waals surface area contributed by atoms with Gasteiger partial charge < -0.3 is 9.64 Å². The van der Waals surface area contributed by atoms with E-state index in [-0.39, 0.29) is 40.2 Å². The molecule has 0 saturated heterocycles. The molecule has 1 aromatic heterocycles. The monoisotopic (exact) mass is 649 g/mol. The highest BCUT2D eigenvalue weighted by molar-refractivity contribution is 7.92. The number of hydrogen-bond donors (Lipinski definition) is 1. The van der Waals surface area contributed by atoms with Crippen molar-refractivity contribution in [3.63, 3.8) is 0 Å². The third kappa shape index (κ3) is 8.70. The average molecular weight is 650 g/mol. The summed E-state index contributed by atoms with van der Waals surface area (Å²) in [5.74, 6) is 0.836. The molecule has 1 atom stereocenters. The number of aromatic nitrogens is 2. The molecular formula is C35H47N5O5S. The minimum atomic E-state index is -4.10. The SMILES string of the molecule is Cc1cccc(C)c1-c1cc(OC[C@@H](CC(C)C)N(C)C2CCC(C(=O)N(C)C)CC2)nc(NS(=O)(=O)c2cccc(C=O)c2)n1. The first-order valence-electron chi connectivity index (χ1n) is 15.9. The Labute approximate surface area is 273 Å². The molecule has 0 spiro atoms. The van der Waals surface area contributed by atoms with Crippen molar-refractivity contribution in [3.8, 4) is 17.1 Å². The summed E-state index contributed by atoms with van der Waals surface area (Å²) < 4.78 is 35.6. The van der Waals surface area contributed by atoms with E-state index in [0.29, 0.717) is 30.5 Å². The Bertz CT molecular complexity index is 1610. The Morgan fingerprint density at radius 2 is 1.65 bits per heavy atom. The van der Waals surface area contributed by atoms with E-state index in [1.54, 1.807) is 11.0 Å². The second-order valence-corrected chi connectivity index (χ2v) is 14.7. The van der Waals surface area contributed by atoms with Crippen LogP contribution in [0.4, 0.5) is 5.95 Å². The molecule has 248 valence electrons. The number of nitrogens with one attached hydrogen (secondary N) is 1. The number of carbonyl (C=O) groups excluding carboxylic acids is 2. The number of hydrogen-bond acceptors (Lipinski definition) is 8. The number of aryl methyl sites for hydroxylation is 2. The lowest BCUT2D eigenvalue weighted by atomic mass is 9.84. The zero-order chi connectivity index (χ0) is 33.6. The molecule has 0 radical (unpaired) electrons. The lowest BCUT2D eigenvalue weighted by Crippen LogP contribution is -2.46. The molecule has 1 N–H and O–H groups in total. The van der Waals surface area contributed by atoms with E-state index in [2.05, 4.69) is 40.5 Å². The third-order valence-corrected chi connectivity index (χ3v) is 10.1. The lowest BCUT2D eigenvalue weighted by Gasteiger charge is -2.39. The first kappa shape index (κ1) is 35.0. The highest BCUT2D eigenvalue weighted by atomic mass is 32.2. The molecular weight excluding hydrogens is 602 g/mol. The van der Waals surface area contributed by atoms with E-state index < -0.39 is 10.0 Å². The second kappa shape index (κ2) is 15.2. The molecule has 3 aromatic rings. The number of benzene rings is 2. The van der Waals surface area contributed by atoms with Crippen molar-refractivity contribution >= 4 is 28.2 Å². The first-order valence-corrected chi connectivity index (χ1v) is 17.4. The van der Waals surface area contributed by atoms with Gasteiger partial charge in [-0.3, -0.25) is 14.5 Å². The molecule has 4 rings (SSSR count). The van der Waals surface area contributed by atoms with Gasteiger partial charge in [0.1, 0.15) is 12.9 Å². The largest absolute Gasteiger partial charge is 0.476 e. The van der Waals surface area contributed by atoms with Gasteiger partial charge in [0.15, 0.2) is 0 Å². The number of carbonyl (C=O) groups is 2. The van der Waals surface area contributed by atoms with Gasteiger partial charge in [-0.05, 0) is 82.2 Å². The van der Waals surface area contributed by atoms with Gasteiger partial charge in [-0.1, -0.05) is 44.2 Å². The van der Waals surface area contributed by atoms with Crippen LogP contribution in [-0.4, -0.2) is 80.2 Å². The number of sulfonamides is 1. The van der Waals surface area contributed by atoms with Crippen LogP contribution < -0.4 is 9.46 Å². The van der Waals surface area contributed by atoms with Gasteiger partial charge in [0.05, 0.1) is 10.6 Å². The van der Waals surface area contributed by atoms with Crippen LogP contribution in [0.5, 0.6) is 5.88 Å².